The van der Waals surface area contributed by atoms with Crippen LogP contribution in [0.3, 0.4) is 0 Å². The number of nitro benzene ring substituents is 1. The molecule has 1 aromatic carbocycles. The molecule has 7 nitrogen and oxygen atoms in total. The lowest BCUT2D eigenvalue weighted by Gasteiger charge is -2.24. The quantitative estimate of drug-likeness (QED) is 0.487. The van der Waals surface area contributed by atoms with E-state index in [4.69, 9.17) is 4.74 Å². The van der Waals surface area contributed by atoms with Crippen LogP contribution in [0.25, 0.3) is 0 Å². The van der Waals surface area contributed by atoms with Crippen LogP contribution in [0.1, 0.15) is 25.1 Å². The van der Waals surface area contributed by atoms with Crippen molar-refractivity contribution in [3.8, 4) is 0 Å². The monoisotopic (exact) mass is 293 g/mol. The average molecular weight is 293 g/mol. The number of nitrogens with zero attached hydrogens (tertiary/aromatic N) is 2. The fourth-order valence-corrected chi connectivity index (χ4v) is 2.48. The number of benzene rings is 1. The number of amides is 1. The normalized spacial score (nSPS) is 21.8. The molecule has 0 spiro atoms. The predicted octanol–water partition coefficient (Wildman–Crippen LogP) is 1.45. The maximum Gasteiger partial charge on any atom is 0.269 e. The van der Waals surface area contributed by atoms with Crippen LogP contribution < -0.4 is 5.32 Å². The Kier molecular flexibility index (Phi) is 4.87. The molecule has 21 heavy (non-hydrogen) atoms. The summed E-state index contributed by atoms with van der Waals surface area (Å²) in [5.41, 5.74) is 0.748. The third-order valence-electron chi connectivity index (χ3n) is 3.52. The van der Waals surface area contributed by atoms with Crippen LogP contribution >= 0.6 is 0 Å². The fourth-order valence-electron chi connectivity index (χ4n) is 2.48. The van der Waals surface area contributed by atoms with E-state index in [0.717, 1.165) is 12.0 Å². The molecule has 1 aromatic rings. The highest BCUT2D eigenvalue weighted by Gasteiger charge is 2.36. The first-order chi connectivity index (χ1) is 10.0. The number of carbonyl (C=O) groups excluding carboxylic acids is 1. The van der Waals surface area contributed by atoms with E-state index in [2.05, 4.69) is 5.32 Å². The van der Waals surface area contributed by atoms with Gasteiger partial charge in [-0.3, -0.25) is 20.2 Å². The van der Waals surface area contributed by atoms with Gasteiger partial charge < -0.3 is 9.64 Å². The largest absolute Gasteiger partial charge is 0.385 e. The van der Waals surface area contributed by atoms with Crippen LogP contribution in [0.5, 0.6) is 0 Å². The summed E-state index contributed by atoms with van der Waals surface area (Å²) in [7, 11) is 1.62. The first kappa shape index (κ1) is 15.4. The summed E-state index contributed by atoms with van der Waals surface area (Å²) in [5.74, 6) is 0.00242. The molecule has 1 heterocycles. The molecule has 0 bridgehead atoms. The van der Waals surface area contributed by atoms with Gasteiger partial charge in [-0.1, -0.05) is 12.1 Å². The Morgan fingerprint density at radius 3 is 2.90 bits per heavy atom. The Hall–Kier alpha value is -1.99. The minimum atomic E-state index is -0.432. The maximum atomic E-state index is 12.2. The van der Waals surface area contributed by atoms with Gasteiger partial charge in [-0.2, -0.15) is 0 Å². The van der Waals surface area contributed by atoms with E-state index in [0.29, 0.717) is 13.2 Å². The van der Waals surface area contributed by atoms with Gasteiger partial charge in [0.25, 0.3) is 5.69 Å². The number of non-ortho nitro benzene ring substituents is 1. The van der Waals surface area contributed by atoms with Crippen LogP contribution in [0.4, 0.5) is 5.69 Å². The van der Waals surface area contributed by atoms with Gasteiger partial charge in [-0.05, 0) is 18.9 Å². The van der Waals surface area contributed by atoms with E-state index >= 15 is 0 Å². The van der Waals surface area contributed by atoms with Gasteiger partial charge in [-0.15, -0.1) is 0 Å². The molecule has 1 aliphatic rings. The highest BCUT2D eigenvalue weighted by molar-refractivity contribution is 5.84. The number of hydrogen-bond acceptors (Lipinski definition) is 5. The summed E-state index contributed by atoms with van der Waals surface area (Å²) in [6, 6.07) is 6.08. The lowest BCUT2D eigenvalue weighted by atomic mass is 10.1. The molecular formula is C14H19N3O4. The SMILES string of the molecule is COCCCN1C(=O)C(C)NC1c1cccc([N+](=O)[O-])c1. The number of nitro groups is 1. The smallest absolute Gasteiger partial charge is 0.269 e. The van der Waals surface area contributed by atoms with Crippen molar-refractivity contribution in [3.63, 3.8) is 0 Å². The summed E-state index contributed by atoms with van der Waals surface area (Å²) in [6.07, 6.45) is 0.395. The number of rotatable bonds is 6. The maximum absolute atomic E-state index is 12.2. The molecule has 0 aromatic heterocycles. The third-order valence-corrected chi connectivity index (χ3v) is 3.52. The van der Waals surface area contributed by atoms with Crippen molar-refractivity contribution in [3.05, 3.63) is 39.9 Å². The predicted molar refractivity (Wildman–Crippen MR) is 76.6 cm³/mol. The summed E-state index contributed by atoms with van der Waals surface area (Å²) in [5, 5.41) is 14.1. The molecule has 7 heteroatoms. The van der Waals surface area contributed by atoms with Crippen LogP contribution in [0.2, 0.25) is 0 Å². The van der Waals surface area contributed by atoms with Crippen LogP contribution in [0.15, 0.2) is 24.3 Å². The Morgan fingerprint density at radius 2 is 2.24 bits per heavy atom. The number of hydrogen-bond donors (Lipinski definition) is 1. The Morgan fingerprint density at radius 1 is 1.48 bits per heavy atom. The molecule has 0 saturated carbocycles. The van der Waals surface area contributed by atoms with Crippen molar-refractivity contribution in [2.45, 2.75) is 25.6 Å². The van der Waals surface area contributed by atoms with Crippen molar-refractivity contribution in [1.82, 2.24) is 10.2 Å². The second kappa shape index (κ2) is 6.64. The van der Waals surface area contributed by atoms with E-state index in [1.54, 1.807) is 31.1 Å². The summed E-state index contributed by atoms with van der Waals surface area (Å²) in [6.45, 7) is 2.92. The molecule has 2 unspecified atom stereocenters. The molecule has 1 saturated heterocycles. The molecular weight excluding hydrogens is 274 g/mol. The third kappa shape index (κ3) is 3.37. The number of carbonyl (C=O) groups is 1. The Balaban J connectivity index is 2.21. The zero-order chi connectivity index (χ0) is 15.4. The van der Waals surface area contributed by atoms with E-state index in [1.807, 2.05) is 0 Å². The first-order valence-corrected chi connectivity index (χ1v) is 6.84. The van der Waals surface area contributed by atoms with E-state index in [9.17, 15) is 14.9 Å². The number of ether oxygens (including phenoxy) is 1. The van der Waals surface area contributed by atoms with E-state index in [1.165, 1.54) is 12.1 Å². The van der Waals surface area contributed by atoms with E-state index in [-0.39, 0.29) is 23.8 Å². The van der Waals surface area contributed by atoms with Gasteiger partial charge in [0.15, 0.2) is 0 Å². The van der Waals surface area contributed by atoms with Gasteiger partial charge in [0.2, 0.25) is 5.91 Å². The summed E-state index contributed by atoms with van der Waals surface area (Å²) in [4.78, 5) is 24.3. The molecule has 1 aliphatic heterocycles. The molecule has 1 N–H and O–H groups in total. The second-order valence-electron chi connectivity index (χ2n) is 5.02. The minimum Gasteiger partial charge on any atom is -0.385 e. The first-order valence-electron chi connectivity index (χ1n) is 6.84. The topological polar surface area (TPSA) is 84.7 Å². The molecule has 1 amide bonds. The summed E-state index contributed by atoms with van der Waals surface area (Å²) >= 11 is 0. The van der Waals surface area contributed by atoms with Crippen LogP contribution in [0, 0.1) is 10.1 Å². The molecule has 2 atom stereocenters. The van der Waals surface area contributed by atoms with Crippen LogP contribution in [-0.4, -0.2) is 42.0 Å². The zero-order valence-electron chi connectivity index (χ0n) is 12.1. The van der Waals surface area contributed by atoms with Gasteiger partial charge >= 0.3 is 0 Å². The van der Waals surface area contributed by atoms with Crippen molar-refractivity contribution in [2.24, 2.45) is 0 Å². The van der Waals surface area contributed by atoms with Crippen molar-refractivity contribution < 1.29 is 14.5 Å². The minimum absolute atomic E-state index is 0.00242. The van der Waals surface area contributed by atoms with E-state index < -0.39 is 4.92 Å². The second-order valence-corrected chi connectivity index (χ2v) is 5.02. The standard InChI is InChI=1S/C14H19N3O4/c1-10-14(18)16(7-4-8-21-2)13(15-10)11-5-3-6-12(9-11)17(19)20/h3,5-6,9-10,13,15H,4,7-8H2,1-2H3. The Labute approximate surface area is 123 Å². The number of methoxy groups -OCH3 is 1. The number of nitrogens with one attached hydrogen (secondary N) is 1. The molecule has 1 fully saturated rings. The zero-order valence-corrected chi connectivity index (χ0v) is 12.1. The van der Waals surface area contributed by atoms with Crippen molar-refractivity contribution in [1.29, 1.82) is 0 Å². The fraction of sp³-hybridized carbons (Fsp3) is 0.500. The van der Waals surface area contributed by atoms with Gasteiger partial charge in [0.1, 0.15) is 6.17 Å². The summed E-state index contributed by atoms with van der Waals surface area (Å²) < 4.78 is 5.01. The molecule has 0 aliphatic carbocycles. The Bertz CT molecular complexity index is 535. The molecule has 114 valence electrons. The van der Waals surface area contributed by atoms with Crippen molar-refractivity contribution >= 4 is 11.6 Å². The van der Waals surface area contributed by atoms with Gasteiger partial charge in [-0.25, -0.2) is 0 Å². The molecule has 2 rings (SSSR count). The average Bonchev–Trinajstić information content (AvgIpc) is 2.76. The van der Waals surface area contributed by atoms with Crippen LogP contribution in [-0.2, 0) is 9.53 Å². The van der Waals surface area contributed by atoms with Crippen molar-refractivity contribution in [2.75, 3.05) is 20.3 Å². The lowest BCUT2D eigenvalue weighted by Crippen LogP contribution is -2.32. The highest BCUT2D eigenvalue weighted by Crippen LogP contribution is 2.27. The van der Waals surface area contributed by atoms with Gasteiger partial charge in [0.05, 0.1) is 11.0 Å². The lowest BCUT2D eigenvalue weighted by molar-refractivity contribution is -0.385. The highest BCUT2D eigenvalue weighted by atomic mass is 16.6. The molecule has 0 radical (unpaired) electrons. The van der Waals surface area contributed by atoms with Gasteiger partial charge in [0, 0.05) is 32.4 Å².